The highest BCUT2D eigenvalue weighted by atomic mass is 35.5. The van der Waals surface area contributed by atoms with E-state index in [-0.39, 0.29) is 34.8 Å². The molecule has 1 fully saturated rings. The average Bonchev–Trinajstić information content (AvgIpc) is 3.11. The number of sulfonamides is 1. The number of nitrogens with one attached hydrogen (secondary N) is 1. The molecule has 146 valence electrons. The van der Waals surface area contributed by atoms with Gasteiger partial charge in [0.2, 0.25) is 0 Å². The van der Waals surface area contributed by atoms with Crippen molar-refractivity contribution in [2.45, 2.75) is 11.3 Å². The number of carbonyl (C=O) groups excluding carboxylic acids is 1. The van der Waals surface area contributed by atoms with Crippen molar-refractivity contribution in [2.75, 3.05) is 24.4 Å². The summed E-state index contributed by atoms with van der Waals surface area (Å²) in [5, 5.41) is 0.447. The van der Waals surface area contributed by atoms with E-state index in [2.05, 4.69) is 4.72 Å². The molecule has 1 saturated heterocycles. The first-order valence-electron chi connectivity index (χ1n) is 8.27. The van der Waals surface area contributed by atoms with E-state index in [9.17, 15) is 13.2 Å². The van der Waals surface area contributed by atoms with Crippen molar-refractivity contribution < 1.29 is 13.2 Å². The summed E-state index contributed by atoms with van der Waals surface area (Å²) in [5.74, 6) is 0.0900. The Hall–Kier alpha value is -1.80. The molecule has 0 spiro atoms. The highest BCUT2D eigenvalue weighted by molar-refractivity contribution is 7.92. The third-order valence-corrected chi connectivity index (χ3v) is 6.07. The number of nitrogens with two attached hydrogens (primary N) is 1. The van der Waals surface area contributed by atoms with Crippen LogP contribution in [0, 0.1) is 5.92 Å². The molecule has 1 heterocycles. The van der Waals surface area contributed by atoms with Crippen LogP contribution in [0.4, 0.5) is 5.69 Å². The predicted molar refractivity (Wildman–Crippen MR) is 109 cm³/mol. The molecule has 6 nitrogen and oxygen atoms in total. The van der Waals surface area contributed by atoms with Crippen LogP contribution in [0.3, 0.4) is 0 Å². The molecule has 1 aliphatic heterocycles. The fourth-order valence-corrected chi connectivity index (χ4v) is 4.16. The molecule has 2 aromatic carbocycles. The van der Waals surface area contributed by atoms with Crippen molar-refractivity contribution in [3.63, 3.8) is 0 Å². The molecule has 0 bridgehead atoms. The summed E-state index contributed by atoms with van der Waals surface area (Å²) < 4.78 is 27.7. The van der Waals surface area contributed by atoms with E-state index in [0.717, 1.165) is 6.42 Å². The lowest BCUT2D eigenvalue weighted by Crippen LogP contribution is -2.30. The molecular weight excluding hydrogens is 409 g/mol. The van der Waals surface area contributed by atoms with Gasteiger partial charge in [0.15, 0.2) is 0 Å². The highest BCUT2D eigenvalue weighted by Gasteiger charge is 2.28. The lowest BCUT2D eigenvalue weighted by atomic mass is 10.1. The van der Waals surface area contributed by atoms with Crippen LogP contribution in [0.15, 0.2) is 53.4 Å². The quantitative estimate of drug-likeness (QED) is 0.763. The van der Waals surface area contributed by atoms with Crippen molar-refractivity contribution in [2.24, 2.45) is 11.7 Å². The van der Waals surface area contributed by atoms with Gasteiger partial charge in [0.05, 0.1) is 16.1 Å². The van der Waals surface area contributed by atoms with Gasteiger partial charge in [-0.25, -0.2) is 8.42 Å². The van der Waals surface area contributed by atoms with Crippen molar-refractivity contribution in [1.82, 2.24) is 4.90 Å². The van der Waals surface area contributed by atoms with E-state index in [1.807, 2.05) is 0 Å². The first-order valence-corrected chi connectivity index (χ1v) is 10.1. The van der Waals surface area contributed by atoms with Gasteiger partial charge in [-0.15, -0.1) is 12.4 Å². The van der Waals surface area contributed by atoms with Gasteiger partial charge in [-0.2, -0.15) is 0 Å². The van der Waals surface area contributed by atoms with Crippen LogP contribution >= 0.6 is 24.0 Å². The molecule has 2 aromatic rings. The summed E-state index contributed by atoms with van der Waals surface area (Å²) in [6, 6.07) is 12.4. The van der Waals surface area contributed by atoms with Gasteiger partial charge < -0.3 is 10.6 Å². The van der Waals surface area contributed by atoms with Gasteiger partial charge in [0.1, 0.15) is 0 Å². The largest absolute Gasteiger partial charge is 0.338 e. The fraction of sp³-hybridized carbons (Fsp3) is 0.278. The summed E-state index contributed by atoms with van der Waals surface area (Å²) in [5.41, 5.74) is 6.26. The maximum absolute atomic E-state index is 12.8. The Kier molecular flexibility index (Phi) is 7.11. The number of likely N-dealkylation sites (tertiary alicyclic amines) is 1. The molecular formula is C18H21Cl2N3O3S. The molecule has 3 N–H and O–H groups in total. The molecule has 3 rings (SSSR count). The number of nitrogens with zero attached hydrogens (tertiary/aromatic N) is 1. The second-order valence-electron chi connectivity index (χ2n) is 6.25. The molecule has 1 amide bonds. The van der Waals surface area contributed by atoms with E-state index in [1.165, 1.54) is 24.3 Å². The van der Waals surface area contributed by atoms with Gasteiger partial charge in [-0.05, 0) is 55.3 Å². The molecule has 1 unspecified atom stereocenters. The zero-order chi connectivity index (χ0) is 18.7. The highest BCUT2D eigenvalue weighted by Crippen LogP contribution is 2.25. The normalized spacial score (nSPS) is 16.7. The molecule has 9 heteroatoms. The third-order valence-electron chi connectivity index (χ3n) is 4.43. The fourth-order valence-electron chi connectivity index (χ4n) is 2.96. The Labute approximate surface area is 170 Å². The van der Waals surface area contributed by atoms with E-state index in [4.69, 9.17) is 17.3 Å². The Morgan fingerprint density at radius 1 is 1.19 bits per heavy atom. The van der Waals surface area contributed by atoms with Crippen LogP contribution in [-0.2, 0) is 10.0 Å². The van der Waals surface area contributed by atoms with Gasteiger partial charge in [0.25, 0.3) is 15.9 Å². The molecule has 0 radical (unpaired) electrons. The van der Waals surface area contributed by atoms with Crippen LogP contribution in [0.1, 0.15) is 16.8 Å². The van der Waals surface area contributed by atoms with Crippen molar-refractivity contribution >= 4 is 45.6 Å². The SMILES string of the molecule is Cl.NCC1CCN(C(=O)c2ccccc2NS(=O)(=O)c2ccc(Cl)cc2)C1. The Bertz CT molecular complexity index is 904. The average molecular weight is 430 g/mol. The maximum atomic E-state index is 12.8. The monoisotopic (exact) mass is 429 g/mol. The molecule has 27 heavy (non-hydrogen) atoms. The predicted octanol–water partition coefficient (Wildman–Crippen LogP) is 2.98. The van der Waals surface area contributed by atoms with Gasteiger partial charge in [-0.3, -0.25) is 9.52 Å². The molecule has 0 aromatic heterocycles. The minimum absolute atomic E-state index is 0. The first-order chi connectivity index (χ1) is 12.4. The smallest absolute Gasteiger partial charge is 0.261 e. The summed E-state index contributed by atoms with van der Waals surface area (Å²) in [4.78, 5) is 14.6. The van der Waals surface area contributed by atoms with Crippen molar-refractivity contribution in [1.29, 1.82) is 0 Å². The number of rotatable bonds is 5. The minimum atomic E-state index is -3.82. The lowest BCUT2D eigenvalue weighted by molar-refractivity contribution is 0.0788. The zero-order valence-electron chi connectivity index (χ0n) is 14.5. The second-order valence-corrected chi connectivity index (χ2v) is 8.37. The number of hydrogen-bond donors (Lipinski definition) is 2. The third kappa shape index (κ3) is 4.93. The number of carbonyl (C=O) groups is 1. The topological polar surface area (TPSA) is 92.5 Å². The van der Waals surface area contributed by atoms with Crippen molar-refractivity contribution in [3.8, 4) is 0 Å². The van der Waals surface area contributed by atoms with Crippen LogP contribution in [0.5, 0.6) is 0 Å². The number of anilines is 1. The van der Waals surface area contributed by atoms with Crippen LogP contribution in [0.2, 0.25) is 5.02 Å². The number of amides is 1. The summed E-state index contributed by atoms with van der Waals surface area (Å²) in [7, 11) is -3.82. The Balaban J connectivity index is 0.00000261. The van der Waals surface area contributed by atoms with Crippen molar-refractivity contribution in [3.05, 3.63) is 59.1 Å². The first kappa shape index (κ1) is 21.5. The number of benzene rings is 2. The number of halogens is 2. The molecule has 0 saturated carbocycles. The van der Waals surface area contributed by atoms with E-state index < -0.39 is 10.0 Å². The molecule has 0 aliphatic carbocycles. The lowest BCUT2D eigenvalue weighted by Gasteiger charge is -2.19. The minimum Gasteiger partial charge on any atom is -0.338 e. The second kappa shape index (κ2) is 8.93. The Morgan fingerprint density at radius 3 is 2.48 bits per heavy atom. The molecule has 1 atom stereocenters. The van der Waals surface area contributed by atoms with Crippen LogP contribution in [0.25, 0.3) is 0 Å². The van der Waals surface area contributed by atoms with Gasteiger partial charge in [0, 0.05) is 18.1 Å². The zero-order valence-corrected chi connectivity index (χ0v) is 16.9. The number of para-hydroxylation sites is 1. The maximum Gasteiger partial charge on any atom is 0.261 e. The van der Waals surface area contributed by atoms with Crippen LogP contribution < -0.4 is 10.5 Å². The van der Waals surface area contributed by atoms with E-state index >= 15 is 0 Å². The van der Waals surface area contributed by atoms with E-state index in [0.29, 0.717) is 30.2 Å². The van der Waals surface area contributed by atoms with Gasteiger partial charge in [-0.1, -0.05) is 23.7 Å². The summed E-state index contributed by atoms with van der Waals surface area (Å²) in [6.07, 6.45) is 0.862. The number of hydrogen-bond acceptors (Lipinski definition) is 4. The van der Waals surface area contributed by atoms with E-state index in [1.54, 1.807) is 29.2 Å². The summed E-state index contributed by atoms with van der Waals surface area (Å²) >= 11 is 5.81. The van der Waals surface area contributed by atoms with Gasteiger partial charge >= 0.3 is 0 Å². The Morgan fingerprint density at radius 2 is 1.85 bits per heavy atom. The standard InChI is InChI=1S/C18H20ClN3O3S.ClH/c19-14-5-7-15(8-6-14)26(24,25)21-17-4-2-1-3-16(17)18(23)22-10-9-13(11-20)12-22;/h1-8,13,21H,9-12,20H2;1H. The molecule has 1 aliphatic rings. The van der Waals surface area contributed by atoms with Crippen LogP contribution in [-0.4, -0.2) is 38.9 Å². The summed E-state index contributed by atoms with van der Waals surface area (Å²) in [6.45, 7) is 1.75.